The number of nitrogen functional groups attached to an aromatic ring is 4. The molecule has 0 spiro atoms. The number of nitrogens with one attached hydrogen (secondary N) is 2. The Hall–Kier alpha value is -5.85. The normalized spacial score (nSPS) is 11.1. The van der Waals surface area contributed by atoms with Gasteiger partial charge in [-0.05, 0) is 24.3 Å². The molecule has 2 aliphatic heterocycles. The van der Waals surface area contributed by atoms with Gasteiger partial charge in [0, 0.05) is 24.8 Å². The van der Waals surface area contributed by atoms with E-state index >= 15 is 0 Å². The Morgan fingerprint density at radius 1 is 0.605 bits per heavy atom. The van der Waals surface area contributed by atoms with Crippen molar-refractivity contribution >= 4 is 23.0 Å². The van der Waals surface area contributed by atoms with Gasteiger partial charge in [0.1, 0.15) is 29.3 Å². The Morgan fingerprint density at radius 2 is 1.08 bits per heavy atom. The molecule has 4 aromatic rings. The van der Waals surface area contributed by atoms with E-state index in [2.05, 4.69) is 34.9 Å². The van der Waals surface area contributed by atoms with Crippen molar-refractivity contribution in [3.05, 3.63) is 67.5 Å². The number of nitrogens with two attached hydrogens (primary N) is 4. The Kier molecular flexibility index (Phi) is 5.34. The minimum atomic E-state index is 0.175. The van der Waals surface area contributed by atoms with Gasteiger partial charge in [-0.3, -0.25) is 15.0 Å². The number of aromatic amines is 2. The molecule has 0 saturated carbocycles. The molecule has 4 aromatic heterocycles. The molecule has 38 heavy (non-hydrogen) atoms. The largest absolute Gasteiger partial charge is 0.420 e. The number of hydrogen-bond donors (Lipinski definition) is 6. The molecule has 0 unspecified atom stereocenters. The summed E-state index contributed by atoms with van der Waals surface area (Å²) in [6.07, 6.45) is 7.72. The molecular formula is C25H21N11O2. The van der Waals surface area contributed by atoms with Crippen LogP contribution in [0.1, 0.15) is 0 Å². The number of fused-ring (bicyclic) bond motifs is 1. The monoisotopic (exact) mass is 507 g/mol. The maximum atomic E-state index is 6.35. The highest BCUT2D eigenvalue weighted by Gasteiger charge is 2.24. The molecule has 13 heteroatoms. The first-order valence-electron chi connectivity index (χ1n) is 11.3. The third kappa shape index (κ3) is 3.80. The van der Waals surface area contributed by atoms with Gasteiger partial charge in [0.25, 0.3) is 0 Å². The molecule has 10 N–H and O–H groups in total. The first-order chi connectivity index (χ1) is 18.5. The van der Waals surface area contributed by atoms with E-state index in [9.17, 15) is 0 Å². The minimum Gasteiger partial charge on any atom is -0.420 e. The van der Waals surface area contributed by atoms with Gasteiger partial charge in [-0.1, -0.05) is 12.1 Å². The number of nitrogens with zero attached hydrogens (tertiary/aromatic N) is 5. The van der Waals surface area contributed by atoms with E-state index in [4.69, 9.17) is 32.4 Å². The number of pyridine rings is 2. The van der Waals surface area contributed by atoms with E-state index < -0.39 is 0 Å². The van der Waals surface area contributed by atoms with Gasteiger partial charge in [-0.15, -0.1) is 0 Å². The Bertz CT molecular complexity index is 1590. The van der Waals surface area contributed by atoms with Crippen LogP contribution in [0.3, 0.4) is 0 Å². The van der Waals surface area contributed by atoms with Crippen LogP contribution in [-0.4, -0.2) is 34.9 Å². The molecule has 0 radical (unpaired) electrons. The lowest BCUT2D eigenvalue weighted by molar-refractivity contribution is 0.452. The van der Waals surface area contributed by atoms with Crippen molar-refractivity contribution in [3.63, 3.8) is 0 Å². The first-order valence-corrected chi connectivity index (χ1v) is 11.3. The third-order valence-electron chi connectivity index (χ3n) is 5.81. The quantitative estimate of drug-likeness (QED) is 0.191. The highest BCUT2D eigenvalue weighted by Crippen LogP contribution is 2.44. The van der Waals surface area contributed by atoms with Crippen LogP contribution in [0.2, 0.25) is 0 Å². The second kappa shape index (κ2) is 8.98. The van der Waals surface area contributed by atoms with Crippen LogP contribution in [0.4, 0.5) is 23.0 Å². The second-order valence-electron chi connectivity index (χ2n) is 8.17. The van der Waals surface area contributed by atoms with Crippen LogP contribution in [0.25, 0.3) is 33.6 Å². The molecule has 13 nitrogen and oxygen atoms in total. The molecule has 188 valence electrons. The molecule has 0 fully saturated rings. The fraction of sp³-hybridized carbons (Fsp3) is 0. The number of H-pyrrole nitrogens is 2. The summed E-state index contributed by atoms with van der Waals surface area (Å²) >= 11 is 0. The maximum absolute atomic E-state index is 6.35. The van der Waals surface area contributed by atoms with Gasteiger partial charge >= 0.3 is 0 Å². The average molecular weight is 508 g/mol. The molecule has 6 heterocycles. The Labute approximate surface area is 215 Å². The molecule has 6 rings (SSSR count). The van der Waals surface area contributed by atoms with Crippen molar-refractivity contribution < 1.29 is 9.47 Å². The Balaban J connectivity index is 1.33. The summed E-state index contributed by atoms with van der Waals surface area (Å²) in [5.41, 5.74) is 28.9. The molecule has 0 aromatic carbocycles. The maximum Gasteiger partial charge on any atom is 0.232 e. The lowest BCUT2D eigenvalue weighted by Gasteiger charge is -2.07. The van der Waals surface area contributed by atoms with E-state index in [0.717, 1.165) is 0 Å². The summed E-state index contributed by atoms with van der Waals surface area (Å²) in [4.78, 5) is 27.4. The standard InChI is InChI=1S/C25H21N11O2/c26-18-16(14-5-1-3-7-31-14)20(28)35-24(18)37-22-12-9-30-10-13(12)23(34-11-33-22)38-25-19(27)17(21(29)36-25)15-6-2-4-8-32-15/h1-11,35-36H,26-29H2. The SMILES string of the molecule is Nc1[nH]c(Oc2ncnc(Oc3[nH]c(N)c(-c4ccccn4)c3N)c3cncc2-3)c(N)c1-c1ccccn1. The van der Waals surface area contributed by atoms with Gasteiger partial charge in [0.05, 0.1) is 33.6 Å². The molecule has 0 bridgehead atoms. The van der Waals surface area contributed by atoms with Gasteiger partial charge in [0.2, 0.25) is 23.5 Å². The van der Waals surface area contributed by atoms with Crippen LogP contribution in [-0.2, 0) is 0 Å². The molecule has 0 amide bonds. The molecule has 0 saturated heterocycles. The zero-order valence-electron chi connectivity index (χ0n) is 19.7. The van der Waals surface area contributed by atoms with E-state index in [-0.39, 0.29) is 34.9 Å². The lowest BCUT2D eigenvalue weighted by atomic mass is 10.2. The van der Waals surface area contributed by atoms with Gasteiger partial charge in [-0.2, -0.15) is 0 Å². The van der Waals surface area contributed by atoms with Crippen LogP contribution in [0.15, 0.2) is 67.5 Å². The highest BCUT2D eigenvalue weighted by atomic mass is 16.5. The number of hydrogen-bond acceptors (Lipinski definition) is 11. The number of aromatic nitrogens is 7. The molecule has 0 aliphatic carbocycles. The fourth-order valence-corrected chi connectivity index (χ4v) is 4.05. The van der Waals surface area contributed by atoms with Crippen LogP contribution in [0, 0.1) is 0 Å². The van der Waals surface area contributed by atoms with Gasteiger partial charge < -0.3 is 42.4 Å². The first kappa shape index (κ1) is 22.6. The molecule has 2 aliphatic rings. The molecule has 0 atom stereocenters. The average Bonchev–Trinajstić information content (AvgIpc) is 3.56. The Morgan fingerprint density at radius 3 is 1.50 bits per heavy atom. The predicted molar refractivity (Wildman–Crippen MR) is 142 cm³/mol. The summed E-state index contributed by atoms with van der Waals surface area (Å²) in [6.45, 7) is 0. The predicted octanol–water partition coefficient (Wildman–Crippen LogP) is 3.67. The second-order valence-corrected chi connectivity index (χ2v) is 8.17. The minimum absolute atomic E-state index is 0.175. The van der Waals surface area contributed by atoms with Gasteiger partial charge in [-0.25, -0.2) is 9.97 Å². The summed E-state index contributed by atoms with van der Waals surface area (Å²) in [5, 5.41) is 0. The van der Waals surface area contributed by atoms with Crippen molar-refractivity contribution in [1.29, 1.82) is 0 Å². The summed E-state index contributed by atoms with van der Waals surface area (Å²) in [6, 6.07) is 10.9. The number of anilines is 4. The van der Waals surface area contributed by atoms with Crippen molar-refractivity contribution in [2.24, 2.45) is 0 Å². The highest BCUT2D eigenvalue weighted by molar-refractivity contribution is 5.88. The van der Waals surface area contributed by atoms with Crippen LogP contribution in [0.5, 0.6) is 23.5 Å². The summed E-state index contributed by atoms with van der Waals surface area (Å²) < 4.78 is 12.1. The van der Waals surface area contributed by atoms with E-state index in [1.807, 2.05) is 12.1 Å². The number of ether oxygens (including phenoxy) is 2. The van der Waals surface area contributed by atoms with Crippen molar-refractivity contribution in [2.45, 2.75) is 0 Å². The van der Waals surface area contributed by atoms with Gasteiger partial charge in [0.15, 0.2) is 0 Å². The lowest BCUT2D eigenvalue weighted by Crippen LogP contribution is -1.94. The topological polar surface area (TPSA) is 219 Å². The summed E-state index contributed by atoms with van der Waals surface area (Å²) in [5.74, 6) is 1.36. The van der Waals surface area contributed by atoms with E-state index in [1.54, 1.807) is 49.1 Å². The van der Waals surface area contributed by atoms with Crippen LogP contribution >= 0.6 is 0 Å². The van der Waals surface area contributed by atoms with Crippen molar-refractivity contribution in [2.75, 3.05) is 22.9 Å². The van der Waals surface area contributed by atoms with Crippen molar-refractivity contribution in [1.82, 2.24) is 34.9 Å². The van der Waals surface area contributed by atoms with E-state index in [1.165, 1.54) is 6.33 Å². The van der Waals surface area contributed by atoms with Crippen LogP contribution < -0.4 is 32.4 Å². The summed E-state index contributed by atoms with van der Waals surface area (Å²) in [7, 11) is 0. The molecular weight excluding hydrogens is 486 g/mol. The zero-order valence-corrected chi connectivity index (χ0v) is 19.7. The third-order valence-corrected chi connectivity index (χ3v) is 5.81. The fourth-order valence-electron chi connectivity index (χ4n) is 4.05. The smallest absolute Gasteiger partial charge is 0.232 e. The zero-order chi connectivity index (χ0) is 26.2. The number of rotatable bonds is 6. The van der Waals surface area contributed by atoms with E-state index in [0.29, 0.717) is 45.3 Å². The van der Waals surface area contributed by atoms with Crippen molar-refractivity contribution in [3.8, 4) is 57.2 Å².